The topological polar surface area (TPSA) is 146 Å². The van der Waals surface area contributed by atoms with E-state index in [1.807, 2.05) is 44.3 Å². The molecule has 4 heterocycles. The van der Waals surface area contributed by atoms with Gasteiger partial charge in [0.2, 0.25) is 0 Å². The molecule has 56 heavy (non-hydrogen) atoms. The molecule has 3 atom stereocenters. The first-order valence-electron chi connectivity index (χ1n) is 17.9. The van der Waals surface area contributed by atoms with Crippen molar-refractivity contribution in [2.24, 2.45) is 16.1 Å². The number of guanidine groups is 1. The van der Waals surface area contributed by atoms with Crippen molar-refractivity contribution in [2.75, 3.05) is 6.61 Å². The Bertz CT molecular complexity index is 2220. The zero-order valence-electron chi connectivity index (χ0n) is 30.8. The first-order valence-corrected chi connectivity index (χ1v) is 18.2. The van der Waals surface area contributed by atoms with E-state index in [1.165, 1.54) is 18.2 Å². The van der Waals surface area contributed by atoms with E-state index in [9.17, 15) is 26.7 Å². The van der Waals surface area contributed by atoms with Gasteiger partial charge in [-0.1, -0.05) is 68.8 Å². The number of alkyl halides is 5. The van der Waals surface area contributed by atoms with Crippen molar-refractivity contribution in [1.29, 1.82) is 0 Å². The van der Waals surface area contributed by atoms with Crippen molar-refractivity contribution in [1.82, 2.24) is 34.5 Å². The number of halogens is 6. The van der Waals surface area contributed by atoms with Crippen LogP contribution in [0.5, 0.6) is 0 Å². The number of allylic oxidation sites excluding steroid dienone is 1. The third-order valence-corrected chi connectivity index (χ3v) is 10.6. The van der Waals surface area contributed by atoms with E-state index in [1.54, 1.807) is 18.3 Å². The highest BCUT2D eigenvalue weighted by Crippen LogP contribution is 2.49. The van der Waals surface area contributed by atoms with E-state index in [4.69, 9.17) is 27.1 Å². The van der Waals surface area contributed by atoms with Gasteiger partial charge in [0.1, 0.15) is 24.3 Å². The Morgan fingerprint density at radius 1 is 1.11 bits per heavy atom. The van der Waals surface area contributed by atoms with Crippen LogP contribution in [-0.4, -0.2) is 65.5 Å². The largest absolute Gasteiger partial charge is 0.447 e. The van der Waals surface area contributed by atoms with Gasteiger partial charge in [-0.15, -0.1) is 0 Å². The van der Waals surface area contributed by atoms with Crippen molar-refractivity contribution >= 4 is 35.6 Å². The van der Waals surface area contributed by atoms with Gasteiger partial charge in [0.15, 0.2) is 17.3 Å². The molecule has 3 aliphatic rings. The number of fused-ring (bicyclic) bond motifs is 1. The van der Waals surface area contributed by atoms with Crippen molar-refractivity contribution in [2.45, 2.75) is 89.3 Å². The molecule has 2 aromatic heterocycles. The summed E-state index contributed by atoms with van der Waals surface area (Å²) in [5, 5.41) is 5.50. The molecule has 3 N–H and O–H groups in total. The number of nitrogens with zero attached hydrogens (tertiary/aromatic N) is 7. The van der Waals surface area contributed by atoms with Crippen LogP contribution in [0, 0.1) is 5.41 Å². The number of alkyl carbamates (subject to hydrolysis) is 1. The third-order valence-electron chi connectivity index (χ3n) is 10.3. The molecular weight excluding hydrogens is 761 g/mol. The fourth-order valence-corrected chi connectivity index (χ4v) is 7.66. The monoisotopic (exact) mass is 799 g/mol. The number of benzene rings is 2. The number of nitrogens with two attached hydrogens (primary N) is 1. The van der Waals surface area contributed by atoms with Gasteiger partial charge < -0.3 is 20.4 Å². The van der Waals surface area contributed by atoms with Crippen LogP contribution in [0.3, 0.4) is 0 Å². The van der Waals surface area contributed by atoms with Gasteiger partial charge in [-0.25, -0.2) is 19.8 Å². The standard InChI is InChI=1S/C38H39ClF5N9O3/c1-21-6-5-7-29-46-17-27(51(21)29)22-8-11-24(12-9-22)37(19-35(2,3)4)31(54)52(33(45)49-37)28(18-56-34(55)50-36(14-15-36)38(42,43)44)23-10-13-26(39)25(16-23)30-47-20-48-53(30)32(40)41/h5,7-13,16-17,20-21,28,32H,6,14-15,18-19H2,1-4H3,(H2,45,49)(H,50,55)/t21?,28-,37-/m1/s1. The lowest BCUT2D eigenvalue weighted by molar-refractivity contribution is -0.164. The molecule has 1 unspecified atom stereocenters. The molecule has 1 saturated carbocycles. The number of aliphatic imine (C=N–C) groups is 1. The highest BCUT2D eigenvalue weighted by Gasteiger charge is 2.64. The van der Waals surface area contributed by atoms with Gasteiger partial charge in [-0.3, -0.25) is 9.69 Å². The molecular formula is C38H39ClF5N9O3. The minimum atomic E-state index is -4.71. The Morgan fingerprint density at radius 3 is 2.46 bits per heavy atom. The summed E-state index contributed by atoms with van der Waals surface area (Å²) in [5.74, 6) is -0.331. The predicted molar refractivity (Wildman–Crippen MR) is 197 cm³/mol. The number of imidazole rings is 1. The summed E-state index contributed by atoms with van der Waals surface area (Å²) in [6, 6.07) is 10.4. The summed E-state index contributed by atoms with van der Waals surface area (Å²) in [6.07, 6.45) is 1.05. The Kier molecular flexibility index (Phi) is 9.74. The van der Waals surface area contributed by atoms with Crippen LogP contribution in [0.1, 0.15) is 89.0 Å². The maximum absolute atomic E-state index is 15.1. The number of aromatic nitrogens is 5. The molecule has 296 valence electrons. The molecule has 1 fully saturated rings. The van der Waals surface area contributed by atoms with Gasteiger partial charge in [0.05, 0.1) is 23.0 Å². The van der Waals surface area contributed by atoms with Crippen molar-refractivity contribution < 1.29 is 36.3 Å². The van der Waals surface area contributed by atoms with Gasteiger partial charge in [-0.2, -0.15) is 31.7 Å². The molecule has 2 amide bonds. The zero-order valence-corrected chi connectivity index (χ0v) is 31.6. The zero-order chi connectivity index (χ0) is 40.4. The van der Waals surface area contributed by atoms with Crippen molar-refractivity contribution in [3.05, 3.63) is 83.0 Å². The van der Waals surface area contributed by atoms with Crippen LogP contribution in [-0.2, 0) is 15.1 Å². The number of ether oxygens (including phenoxy) is 1. The molecule has 0 radical (unpaired) electrons. The maximum Gasteiger partial charge on any atom is 0.411 e. The van der Waals surface area contributed by atoms with Crippen LogP contribution in [0.15, 0.2) is 66.1 Å². The van der Waals surface area contributed by atoms with Gasteiger partial charge in [0, 0.05) is 11.6 Å². The molecule has 0 saturated heterocycles. The molecule has 2 aromatic carbocycles. The van der Waals surface area contributed by atoms with E-state index in [2.05, 4.69) is 32.6 Å². The Hall–Kier alpha value is -5.32. The molecule has 4 aromatic rings. The normalized spacial score (nSPS) is 20.9. The second-order valence-corrected chi connectivity index (χ2v) is 16.0. The van der Waals surface area contributed by atoms with Crippen LogP contribution in [0.25, 0.3) is 28.7 Å². The summed E-state index contributed by atoms with van der Waals surface area (Å²) in [6.45, 7) is 4.12. The smallest absolute Gasteiger partial charge is 0.411 e. The number of hydrogen-bond acceptors (Lipinski definition) is 8. The fourth-order valence-electron chi connectivity index (χ4n) is 7.46. The average Bonchev–Trinajstić information content (AvgIpc) is 3.44. The van der Waals surface area contributed by atoms with Crippen LogP contribution >= 0.6 is 11.6 Å². The fraction of sp³-hybridized carbons (Fsp3) is 0.421. The van der Waals surface area contributed by atoms with Crippen molar-refractivity contribution in [3.8, 4) is 22.6 Å². The van der Waals surface area contributed by atoms with E-state index in [0.717, 1.165) is 34.7 Å². The molecule has 12 nitrogen and oxygen atoms in total. The summed E-state index contributed by atoms with van der Waals surface area (Å²) in [4.78, 5) is 42.4. The highest BCUT2D eigenvalue weighted by atomic mass is 35.5. The lowest BCUT2D eigenvalue weighted by atomic mass is 9.75. The summed E-state index contributed by atoms with van der Waals surface area (Å²) >= 11 is 6.47. The van der Waals surface area contributed by atoms with E-state index in [-0.39, 0.29) is 53.2 Å². The number of carbonyl (C=O) groups is 2. The second-order valence-electron chi connectivity index (χ2n) is 15.5. The minimum absolute atomic E-state index is 0.00309. The second kappa shape index (κ2) is 14.0. The predicted octanol–water partition coefficient (Wildman–Crippen LogP) is 8.19. The molecule has 7 rings (SSSR count). The van der Waals surface area contributed by atoms with E-state index < -0.39 is 53.9 Å². The van der Waals surface area contributed by atoms with Crippen LogP contribution in [0.4, 0.5) is 26.7 Å². The summed E-state index contributed by atoms with van der Waals surface area (Å²) in [7, 11) is 0. The first-order chi connectivity index (χ1) is 26.3. The molecule has 0 bridgehead atoms. The van der Waals surface area contributed by atoms with Gasteiger partial charge in [-0.05, 0) is 72.9 Å². The van der Waals surface area contributed by atoms with Crippen molar-refractivity contribution in [3.63, 3.8) is 0 Å². The van der Waals surface area contributed by atoms with E-state index in [0.29, 0.717) is 10.2 Å². The molecule has 1 aliphatic carbocycles. The first kappa shape index (κ1) is 38.9. The summed E-state index contributed by atoms with van der Waals surface area (Å²) < 4.78 is 76.8. The number of rotatable bonds is 10. The Morgan fingerprint density at radius 2 is 1.82 bits per heavy atom. The lowest BCUT2D eigenvalue weighted by Crippen LogP contribution is -2.50. The Labute approximate surface area is 323 Å². The maximum atomic E-state index is 15.1. The molecule has 2 aliphatic heterocycles. The average molecular weight is 800 g/mol. The quantitative estimate of drug-likeness (QED) is 0.154. The molecule has 18 heteroatoms. The lowest BCUT2D eigenvalue weighted by Gasteiger charge is -2.35. The van der Waals surface area contributed by atoms with Crippen LogP contribution in [0.2, 0.25) is 5.02 Å². The van der Waals surface area contributed by atoms with Gasteiger partial charge >= 0.3 is 18.8 Å². The third kappa shape index (κ3) is 7.01. The Balaban J connectivity index is 1.28. The highest BCUT2D eigenvalue weighted by molar-refractivity contribution is 6.33. The van der Waals surface area contributed by atoms with E-state index >= 15 is 4.79 Å². The number of carbonyl (C=O) groups excluding carboxylic acids is 2. The number of amides is 2. The van der Waals surface area contributed by atoms with Gasteiger partial charge in [0.25, 0.3) is 5.91 Å². The minimum Gasteiger partial charge on any atom is -0.447 e. The number of nitrogens with one attached hydrogen (secondary N) is 1. The van der Waals surface area contributed by atoms with Crippen LogP contribution < -0.4 is 11.1 Å². The summed E-state index contributed by atoms with van der Waals surface area (Å²) in [5.41, 5.74) is 4.54. The SMILES string of the molecule is CC1CC=Cc2ncc(-c3ccc([C@@]4(CC(C)(C)C)N=C(N)N([C@H](COC(=O)NC5(C(F)(F)F)CC5)c5ccc(Cl)c(-c6ncnn6C(F)F)c5)C4=O)cc3)n21. The molecule has 0 spiro atoms. The number of hydrogen-bond donors (Lipinski definition) is 2.